The number of allylic oxidation sites excluding steroid dienone is 1. The van der Waals surface area contributed by atoms with Crippen molar-refractivity contribution in [3.05, 3.63) is 86.7 Å². The molecule has 0 saturated carbocycles. The summed E-state index contributed by atoms with van der Waals surface area (Å²) in [6.07, 6.45) is 2.48. The van der Waals surface area contributed by atoms with Gasteiger partial charge in [-0.1, -0.05) is 30.3 Å². The quantitative estimate of drug-likeness (QED) is 0.574. The van der Waals surface area contributed by atoms with Crippen molar-refractivity contribution in [2.24, 2.45) is 0 Å². The molecular formula is C22H21FN2O4. The minimum Gasteiger partial charge on any atom is -0.378 e. The standard InChI is InChI=1S/C22H21FN2O4/c23-21-4-2-1-3-19(21)20(14-25(27)28)18-8-5-15-13-16(6-7-17(15)18)22(26)24-9-11-29-12-10-24/h1-4,6-8,13,20H,5,9-12,14H2. The Labute approximate surface area is 167 Å². The summed E-state index contributed by atoms with van der Waals surface area (Å²) in [7, 11) is 0. The van der Waals surface area contributed by atoms with Gasteiger partial charge in [0.25, 0.3) is 5.91 Å². The van der Waals surface area contributed by atoms with Crippen LogP contribution >= 0.6 is 0 Å². The SMILES string of the molecule is O=C(c1ccc2c(c1)CC=C2C(C[N+](=O)[O-])c1ccccc1F)N1CCOCC1. The summed E-state index contributed by atoms with van der Waals surface area (Å²) in [6, 6.07) is 11.6. The highest BCUT2D eigenvalue weighted by Gasteiger charge is 2.30. The Kier molecular flexibility index (Phi) is 5.40. The highest BCUT2D eigenvalue weighted by atomic mass is 19.1. The number of benzene rings is 2. The molecule has 4 rings (SSSR count). The summed E-state index contributed by atoms with van der Waals surface area (Å²) < 4.78 is 19.7. The van der Waals surface area contributed by atoms with Crippen LogP contribution in [0.25, 0.3) is 5.57 Å². The third kappa shape index (κ3) is 3.91. The molecule has 1 saturated heterocycles. The van der Waals surface area contributed by atoms with E-state index < -0.39 is 16.7 Å². The Morgan fingerprint density at radius 1 is 1.21 bits per heavy atom. The fourth-order valence-corrected chi connectivity index (χ4v) is 4.06. The molecule has 0 spiro atoms. The molecule has 150 valence electrons. The van der Waals surface area contributed by atoms with Crippen molar-refractivity contribution < 1.29 is 18.8 Å². The maximum absolute atomic E-state index is 14.4. The van der Waals surface area contributed by atoms with Crippen molar-refractivity contribution in [2.75, 3.05) is 32.8 Å². The molecule has 2 aromatic carbocycles. The molecule has 1 fully saturated rings. The van der Waals surface area contributed by atoms with Crippen LogP contribution in [0.2, 0.25) is 0 Å². The molecule has 1 unspecified atom stereocenters. The lowest BCUT2D eigenvalue weighted by Crippen LogP contribution is -2.40. The van der Waals surface area contributed by atoms with E-state index in [4.69, 9.17) is 4.74 Å². The van der Waals surface area contributed by atoms with Gasteiger partial charge in [-0.3, -0.25) is 14.9 Å². The summed E-state index contributed by atoms with van der Waals surface area (Å²) in [5, 5.41) is 11.3. The maximum Gasteiger partial charge on any atom is 0.254 e. The zero-order valence-corrected chi connectivity index (χ0v) is 15.8. The smallest absolute Gasteiger partial charge is 0.254 e. The average Bonchev–Trinajstić information content (AvgIpc) is 3.15. The Morgan fingerprint density at radius 3 is 2.69 bits per heavy atom. The van der Waals surface area contributed by atoms with Crippen molar-refractivity contribution in [3.63, 3.8) is 0 Å². The van der Waals surface area contributed by atoms with E-state index in [0.29, 0.717) is 43.9 Å². The van der Waals surface area contributed by atoms with E-state index in [1.54, 1.807) is 29.2 Å². The predicted octanol–water partition coefficient (Wildman–Crippen LogP) is 3.30. The van der Waals surface area contributed by atoms with Gasteiger partial charge in [-0.15, -0.1) is 0 Å². The predicted molar refractivity (Wildman–Crippen MR) is 106 cm³/mol. The van der Waals surface area contributed by atoms with E-state index >= 15 is 0 Å². The Bertz CT molecular complexity index is 983. The van der Waals surface area contributed by atoms with Gasteiger partial charge in [-0.2, -0.15) is 0 Å². The number of nitrogens with zero attached hydrogens (tertiary/aromatic N) is 2. The number of carbonyl (C=O) groups excluding carboxylic acids is 1. The molecule has 1 amide bonds. The van der Waals surface area contributed by atoms with E-state index in [1.165, 1.54) is 6.07 Å². The highest BCUT2D eigenvalue weighted by Crippen LogP contribution is 2.39. The van der Waals surface area contributed by atoms with E-state index in [1.807, 2.05) is 18.2 Å². The molecular weight excluding hydrogens is 375 g/mol. The van der Waals surface area contributed by atoms with Crippen LogP contribution in [0, 0.1) is 15.9 Å². The van der Waals surface area contributed by atoms with Gasteiger partial charge in [0, 0.05) is 29.1 Å². The van der Waals surface area contributed by atoms with E-state index in [9.17, 15) is 19.3 Å². The van der Waals surface area contributed by atoms with E-state index in [0.717, 1.165) is 16.7 Å². The van der Waals surface area contributed by atoms with Crippen LogP contribution in [0.15, 0.2) is 48.5 Å². The van der Waals surface area contributed by atoms with Gasteiger partial charge in [0.15, 0.2) is 0 Å². The zero-order valence-electron chi connectivity index (χ0n) is 15.8. The average molecular weight is 396 g/mol. The number of ether oxygens (including phenoxy) is 1. The first kappa shape index (κ1) is 19.3. The van der Waals surface area contributed by atoms with Crippen LogP contribution < -0.4 is 0 Å². The second-order valence-electron chi connectivity index (χ2n) is 7.23. The minimum absolute atomic E-state index is 0.0412. The third-order valence-electron chi connectivity index (χ3n) is 5.49. The number of morpholine rings is 1. The van der Waals surface area contributed by atoms with Crippen molar-refractivity contribution in [3.8, 4) is 0 Å². The Morgan fingerprint density at radius 2 is 1.97 bits per heavy atom. The topological polar surface area (TPSA) is 72.7 Å². The van der Waals surface area contributed by atoms with Crippen molar-refractivity contribution in [2.45, 2.75) is 12.3 Å². The first-order chi connectivity index (χ1) is 14.0. The molecule has 7 heteroatoms. The fourth-order valence-electron chi connectivity index (χ4n) is 4.06. The van der Waals surface area contributed by atoms with Gasteiger partial charge >= 0.3 is 0 Å². The number of halogens is 1. The summed E-state index contributed by atoms with van der Waals surface area (Å²) in [4.78, 5) is 25.4. The second-order valence-corrected chi connectivity index (χ2v) is 7.23. The number of rotatable bonds is 5. The van der Waals surface area contributed by atoms with Gasteiger partial charge in [-0.05, 0) is 41.3 Å². The zero-order chi connectivity index (χ0) is 20.4. The summed E-state index contributed by atoms with van der Waals surface area (Å²) in [5.41, 5.74) is 3.43. The van der Waals surface area contributed by atoms with Crippen LogP contribution in [-0.2, 0) is 11.2 Å². The molecule has 1 atom stereocenters. The normalized spacial score (nSPS) is 16.9. The molecule has 0 N–H and O–H groups in total. The Hall–Kier alpha value is -3.06. The van der Waals surface area contributed by atoms with Crippen LogP contribution in [0.5, 0.6) is 0 Å². The largest absolute Gasteiger partial charge is 0.378 e. The monoisotopic (exact) mass is 396 g/mol. The first-order valence-electron chi connectivity index (χ1n) is 9.61. The van der Waals surface area contributed by atoms with Crippen LogP contribution in [-0.4, -0.2) is 48.6 Å². The highest BCUT2D eigenvalue weighted by molar-refractivity contribution is 5.95. The lowest BCUT2D eigenvalue weighted by Gasteiger charge is -2.27. The van der Waals surface area contributed by atoms with Gasteiger partial charge in [-0.25, -0.2) is 4.39 Å². The summed E-state index contributed by atoms with van der Waals surface area (Å²) in [6.45, 7) is 1.82. The minimum atomic E-state index is -0.673. The van der Waals surface area contributed by atoms with Crippen molar-refractivity contribution in [1.29, 1.82) is 0 Å². The number of fused-ring (bicyclic) bond motifs is 1. The molecule has 6 nitrogen and oxygen atoms in total. The molecule has 1 aliphatic heterocycles. The Balaban J connectivity index is 1.63. The molecule has 0 radical (unpaired) electrons. The molecule has 0 bridgehead atoms. The van der Waals surface area contributed by atoms with Gasteiger partial charge in [0.05, 0.1) is 19.1 Å². The molecule has 2 aromatic rings. The molecule has 1 heterocycles. The third-order valence-corrected chi connectivity index (χ3v) is 5.49. The van der Waals surface area contributed by atoms with Gasteiger partial charge in [0.1, 0.15) is 5.82 Å². The molecule has 29 heavy (non-hydrogen) atoms. The lowest BCUT2D eigenvalue weighted by atomic mass is 9.87. The maximum atomic E-state index is 14.4. The lowest BCUT2D eigenvalue weighted by molar-refractivity contribution is -0.481. The van der Waals surface area contributed by atoms with E-state index in [2.05, 4.69) is 0 Å². The number of hydrogen-bond donors (Lipinski definition) is 0. The second kappa shape index (κ2) is 8.13. The van der Waals surface area contributed by atoms with Gasteiger partial charge < -0.3 is 9.64 Å². The van der Waals surface area contributed by atoms with Gasteiger partial charge in [0.2, 0.25) is 6.54 Å². The summed E-state index contributed by atoms with van der Waals surface area (Å²) in [5.74, 6) is -1.17. The van der Waals surface area contributed by atoms with Crippen molar-refractivity contribution in [1.82, 2.24) is 4.90 Å². The molecule has 0 aromatic heterocycles. The number of carbonyl (C=O) groups is 1. The number of hydrogen-bond acceptors (Lipinski definition) is 4. The number of nitro groups is 1. The van der Waals surface area contributed by atoms with Crippen LogP contribution in [0.4, 0.5) is 4.39 Å². The summed E-state index contributed by atoms with van der Waals surface area (Å²) >= 11 is 0. The van der Waals surface area contributed by atoms with Crippen LogP contribution in [0.1, 0.15) is 33.0 Å². The number of amides is 1. The molecule has 1 aliphatic carbocycles. The van der Waals surface area contributed by atoms with E-state index in [-0.39, 0.29) is 12.5 Å². The van der Waals surface area contributed by atoms with Crippen molar-refractivity contribution >= 4 is 11.5 Å². The molecule has 2 aliphatic rings. The fraction of sp³-hybridized carbons (Fsp3) is 0.318. The van der Waals surface area contributed by atoms with Crippen LogP contribution in [0.3, 0.4) is 0 Å². The first-order valence-corrected chi connectivity index (χ1v) is 9.61.